The molecule has 0 saturated heterocycles. The van der Waals surface area contributed by atoms with Gasteiger partial charge in [-0.05, 0) is 30.3 Å². The molecule has 2 heterocycles. The van der Waals surface area contributed by atoms with Crippen molar-refractivity contribution in [1.82, 2.24) is 20.0 Å². The van der Waals surface area contributed by atoms with Crippen LogP contribution >= 0.6 is 0 Å². The standard InChI is InChI=1S/C14H9F3N4/c15-14(16,17)11-4-1-5-12(7-11)21-9-13(19-20-21)10-3-2-6-18-8-10/h1-9H. The lowest BCUT2D eigenvalue weighted by Crippen LogP contribution is -2.06. The highest BCUT2D eigenvalue weighted by Gasteiger charge is 2.30. The van der Waals surface area contributed by atoms with E-state index in [9.17, 15) is 13.2 Å². The average molecular weight is 290 g/mol. The van der Waals surface area contributed by atoms with E-state index in [-0.39, 0.29) is 0 Å². The minimum atomic E-state index is -4.39. The molecule has 4 nitrogen and oxygen atoms in total. The van der Waals surface area contributed by atoms with Crippen molar-refractivity contribution in [2.24, 2.45) is 0 Å². The van der Waals surface area contributed by atoms with Crippen LogP contribution in [-0.2, 0) is 6.18 Å². The molecule has 0 saturated carbocycles. The second-order valence-corrected chi connectivity index (χ2v) is 4.34. The first-order valence-electron chi connectivity index (χ1n) is 6.04. The molecule has 21 heavy (non-hydrogen) atoms. The van der Waals surface area contributed by atoms with Crippen LogP contribution in [0.3, 0.4) is 0 Å². The summed E-state index contributed by atoms with van der Waals surface area (Å²) in [6, 6.07) is 8.47. The van der Waals surface area contributed by atoms with Crippen molar-refractivity contribution < 1.29 is 13.2 Å². The fourth-order valence-electron chi connectivity index (χ4n) is 1.86. The number of benzene rings is 1. The zero-order chi connectivity index (χ0) is 14.9. The molecule has 0 radical (unpaired) electrons. The van der Waals surface area contributed by atoms with Gasteiger partial charge in [0.05, 0.1) is 17.4 Å². The Kier molecular flexibility index (Phi) is 3.17. The predicted octanol–water partition coefficient (Wildman–Crippen LogP) is 3.35. The molecule has 0 aliphatic heterocycles. The number of aromatic nitrogens is 4. The van der Waals surface area contributed by atoms with Gasteiger partial charge in [-0.25, -0.2) is 4.68 Å². The summed E-state index contributed by atoms with van der Waals surface area (Å²) in [5, 5.41) is 7.80. The Labute approximate surface area is 117 Å². The van der Waals surface area contributed by atoms with Gasteiger partial charge in [0, 0.05) is 18.0 Å². The third kappa shape index (κ3) is 2.76. The molecule has 1 aromatic carbocycles. The summed E-state index contributed by atoms with van der Waals surface area (Å²) in [6.07, 6.45) is 0.413. The number of halogens is 3. The minimum absolute atomic E-state index is 0.299. The number of hydrogen-bond donors (Lipinski definition) is 0. The molecule has 0 amide bonds. The van der Waals surface area contributed by atoms with Crippen molar-refractivity contribution in [2.75, 3.05) is 0 Å². The Hall–Kier alpha value is -2.70. The van der Waals surface area contributed by atoms with Gasteiger partial charge < -0.3 is 0 Å². The van der Waals surface area contributed by atoms with Crippen LogP contribution in [0.15, 0.2) is 55.0 Å². The summed E-state index contributed by atoms with van der Waals surface area (Å²) in [5.41, 5.74) is 0.863. The first kappa shape index (κ1) is 13.3. The van der Waals surface area contributed by atoms with Crippen LogP contribution in [0.5, 0.6) is 0 Å². The Morgan fingerprint density at radius 1 is 1.05 bits per heavy atom. The maximum Gasteiger partial charge on any atom is 0.416 e. The number of alkyl halides is 3. The lowest BCUT2D eigenvalue weighted by Gasteiger charge is -2.08. The first-order valence-corrected chi connectivity index (χ1v) is 6.04. The fourth-order valence-corrected chi connectivity index (χ4v) is 1.86. The molecule has 3 rings (SSSR count). The maximum atomic E-state index is 12.7. The Morgan fingerprint density at radius 3 is 2.62 bits per heavy atom. The van der Waals surface area contributed by atoms with Crippen molar-refractivity contribution in [1.29, 1.82) is 0 Å². The zero-order valence-corrected chi connectivity index (χ0v) is 10.6. The van der Waals surface area contributed by atoms with Crippen molar-refractivity contribution in [3.05, 3.63) is 60.6 Å². The van der Waals surface area contributed by atoms with Crippen molar-refractivity contribution in [3.63, 3.8) is 0 Å². The van der Waals surface area contributed by atoms with E-state index in [1.54, 1.807) is 30.7 Å². The molecule has 2 aromatic heterocycles. The summed E-state index contributed by atoms with van der Waals surface area (Å²) in [6.45, 7) is 0. The third-order valence-corrected chi connectivity index (χ3v) is 2.89. The number of hydrogen-bond acceptors (Lipinski definition) is 3. The van der Waals surface area contributed by atoms with Crippen LogP contribution in [0.4, 0.5) is 13.2 Å². The van der Waals surface area contributed by atoms with Crippen LogP contribution in [0, 0.1) is 0 Å². The normalized spacial score (nSPS) is 11.6. The highest BCUT2D eigenvalue weighted by atomic mass is 19.4. The third-order valence-electron chi connectivity index (χ3n) is 2.89. The van der Waals surface area contributed by atoms with E-state index in [2.05, 4.69) is 15.3 Å². The van der Waals surface area contributed by atoms with Gasteiger partial charge in [0.2, 0.25) is 0 Å². The van der Waals surface area contributed by atoms with E-state index in [0.717, 1.165) is 17.7 Å². The van der Waals surface area contributed by atoms with Crippen molar-refractivity contribution >= 4 is 0 Å². The molecule has 0 fully saturated rings. The van der Waals surface area contributed by atoms with Gasteiger partial charge >= 0.3 is 6.18 Å². The van der Waals surface area contributed by atoms with Crippen LogP contribution in [-0.4, -0.2) is 20.0 Å². The lowest BCUT2D eigenvalue weighted by atomic mass is 10.2. The highest BCUT2D eigenvalue weighted by molar-refractivity contribution is 5.56. The van der Waals surface area contributed by atoms with Gasteiger partial charge in [0.25, 0.3) is 0 Å². The molecule has 0 bridgehead atoms. The minimum Gasteiger partial charge on any atom is -0.264 e. The summed E-state index contributed by atoms with van der Waals surface area (Å²) in [7, 11) is 0. The van der Waals surface area contributed by atoms with Crippen molar-refractivity contribution in [2.45, 2.75) is 6.18 Å². The van der Waals surface area contributed by atoms with E-state index < -0.39 is 11.7 Å². The monoisotopic (exact) mass is 290 g/mol. The van der Waals surface area contributed by atoms with Gasteiger partial charge in [-0.2, -0.15) is 13.2 Å². The van der Waals surface area contributed by atoms with Crippen molar-refractivity contribution in [3.8, 4) is 16.9 Å². The van der Waals surface area contributed by atoms with E-state index in [1.165, 1.54) is 16.8 Å². The average Bonchev–Trinajstić information content (AvgIpc) is 2.97. The van der Waals surface area contributed by atoms with Gasteiger partial charge in [0.15, 0.2) is 0 Å². The Balaban J connectivity index is 1.97. The highest BCUT2D eigenvalue weighted by Crippen LogP contribution is 2.30. The number of pyridine rings is 1. The molecule has 0 spiro atoms. The van der Waals surface area contributed by atoms with E-state index in [1.807, 2.05) is 0 Å². The molecule has 0 atom stereocenters. The van der Waals surface area contributed by atoms with Gasteiger partial charge in [-0.1, -0.05) is 11.3 Å². The summed E-state index contributed by atoms with van der Waals surface area (Å²) in [4.78, 5) is 3.96. The molecule has 0 N–H and O–H groups in total. The van der Waals surface area contributed by atoms with E-state index in [0.29, 0.717) is 11.4 Å². The molecular weight excluding hydrogens is 281 g/mol. The van der Waals surface area contributed by atoms with Crippen LogP contribution < -0.4 is 0 Å². The molecular formula is C14H9F3N4. The fraction of sp³-hybridized carbons (Fsp3) is 0.0714. The van der Waals surface area contributed by atoms with Gasteiger partial charge in [-0.3, -0.25) is 4.98 Å². The predicted molar refractivity (Wildman–Crippen MR) is 69.6 cm³/mol. The zero-order valence-electron chi connectivity index (χ0n) is 10.6. The van der Waals surface area contributed by atoms with Crippen LogP contribution in [0.1, 0.15) is 5.56 Å². The molecule has 106 valence electrons. The quantitative estimate of drug-likeness (QED) is 0.727. The summed E-state index contributed by atoms with van der Waals surface area (Å²) < 4.78 is 39.4. The number of nitrogens with zero attached hydrogens (tertiary/aromatic N) is 4. The van der Waals surface area contributed by atoms with Crippen LogP contribution in [0.25, 0.3) is 16.9 Å². The largest absolute Gasteiger partial charge is 0.416 e. The number of rotatable bonds is 2. The Morgan fingerprint density at radius 2 is 1.90 bits per heavy atom. The van der Waals surface area contributed by atoms with Gasteiger partial charge in [-0.15, -0.1) is 5.10 Å². The molecule has 0 aliphatic carbocycles. The smallest absolute Gasteiger partial charge is 0.264 e. The van der Waals surface area contributed by atoms with E-state index in [4.69, 9.17) is 0 Å². The van der Waals surface area contributed by atoms with Crippen LogP contribution in [0.2, 0.25) is 0 Å². The van der Waals surface area contributed by atoms with E-state index >= 15 is 0 Å². The lowest BCUT2D eigenvalue weighted by molar-refractivity contribution is -0.137. The molecule has 0 unspecified atom stereocenters. The SMILES string of the molecule is FC(F)(F)c1cccc(-n2cc(-c3cccnc3)nn2)c1. The second-order valence-electron chi connectivity index (χ2n) is 4.34. The molecule has 7 heteroatoms. The second kappa shape index (κ2) is 5.01. The van der Waals surface area contributed by atoms with Gasteiger partial charge in [0.1, 0.15) is 5.69 Å². The Bertz CT molecular complexity index is 750. The maximum absolute atomic E-state index is 12.7. The molecule has 0 aliphatic rings. The summed E-state index contributed by atoms with van der Waals surface area (Å²) in [5.74, 6) is 0. The molecule has 3 aromatic rings. The first-order chi connectivity index (χ1) is 10.0. The topological polar surface area (TPSA) is 43.6 Å². The summed E-state index contributed by atoms with van der Waals surface area (Å²) >= 11 is 0.